The van der Waals surface area contributed by atoms with Crippen LogP contribution in [0.3, 0.4) is 0 Å². The van der Waals surface area contributed by atoms with Crippen LogP contribution < -0.4 is 10.2 Å². The summed E-state index contributed by atoms with van der Waals surface area (Å²) in [6.45, 7) is 8.88. The second-order valence-corrected chi connectivity index (χ2v) is 7.96. The minimum atomic E-state index is 0.304. The lowest BCUT2D eigenvalue weighted by Gasteiger charge is -2.39. The Bertz CT molecular complexity index is 448. The van der Waals surface area contributed by atoms with Crippen LogP contribution in [0.4, 0.5) is 5.69 Å². The molecule has 1 atom stereocenters. The van der Waals surface area contributed by atoms with E-state index in [0.717, 1.165) is 23.9 Å². The van der Waals surface area contributed by atoms with E-state index in [1.807, 2.05) is 18.8 Å². The molecule has 2 rings (SSSR count). The van der Waals surface area contributed by atoms with Gasteiger partial charge in [-0.2, -0.15) is 11.8 Å². The standard InChI is InChI=1S/C15H23ClN2S/c1-11(17-4)12-5-6-14(13(16)9-12)18-7-8-19-15(2,3)10-18/h5-6,9,11,17H,7-8,10H2,1-4H3. The van der Waals surface area contributed by atoms with E-state index in [1.165, 1.54) is 11.3 Å². The number of thioether (sulfide) groups is 1. The first-order chi connectivity index (χ1) is 8.93. The quantitative estimate of drug-likeness (QED) is 0.909. The summed E-state index contributed by atoms with van der Waals surface area (Å²) in [6.07, 6.45) is 0. The van der Waals surface area contributed by atoms with Crippen molar-refractivity contribution in [3.63, 3.8) is 0 Å². The summed E-state index contributed by atoms with van der Waals surface area (Å²) < 4.78 is 0.304. The lowest BCUT2D eigenvalue weighted by molar-refractivity contribution is 0.644. The molecule has 1 saturated heterocycles. The zero-order valence-electron chi connectivity index (χ0n) is 12.2. The minimum absolute atomic E-state index is 0.304. The molecule has 0 aromatic heterocycles. The van der Waals surface area contributed by atoms with Gasteiger partial charge in [0.25, 0.3) is 0 Å². The molecule has 1 aliphatic rings. The predicted molar refractivity (Wildman–Crippen MR) is 87.7 cm³/mol. The highest BCUT2D eigenvalue weighted by atomic mass is 35.5. The maximum Gasteiger partial charge on any atom is 0.0642 e. The van der Waals surface area contributed by atoms with Crippen LogP contribution in [0.15, 0.2) is 18.2 Å². The van der Waals surface area contributed by atoms with Crippen molar-refractivity contribution in [2.75, 3.05) is 30.8 Å². The van der Waals surface area contributed by atoms with E-state index in [9.17, 15) is 0 Å². The summed E-state index contributed by atoms with van der Waals surface area (Å²) in [5.74, 6) is 1.16. The van der Waals surface area contributed by atoms with Gasteiger partial charge in [0.2, 0.25) is 0 Å². The van der Waals surface area contributed by atoms with E-state index in [0.29, 0.717) is 10.8 Å². The van der Waals surface area contributed by atoms with Crippen LogP contribution >= 0.6 is 23.4 Å². The molecule has 4 heteroatoms. The van der Waals surface area contributed by atoms with Crippen molar-refractivity contribution in [2.45, 2.75) is 31.6 Å². The number of nitrogens with one attached hydrogen (secondary N) is 1. The van der Waals surface area contributed by atoms with Gasteiger partial charge in [-0.3, -0.25) is 0 Å². The molecule has 1 N–H and O–H groups in total. The van der Waals surface area contributed by atoms with Crippen LogP contribution in [0.1, 0.15) is 32.4 Å². The first-order valence-corrected chi connectivity index (χ1v) is 8.15. The molecule has 0 radical (unpaired) electrons. The molecule has 1 heterocycles. The summed E-state index contributed by atoms with van der Waals surface area (Å²) in [5, 5.41) is 4.11. The molecule has 0 amide bonds. The number of hydrogen-bond donors (Lipinski definition) is 1. The summed E-state index contributed by atoms with van der Waals surface area (Å²) in [7, 11) is 1.97. The topological polar surface area (TPSA) is 15.3 Å². The number of rotatable bonds is 3. The van der Waals surface area contributed by atoms with E-state index in [2.05, 4.69) is 49.2 Å². The Hall–Kier alpha value is -0.380. The van der Waals surface area contributed by atoms with Gasteiger partial charge >= 0.3 is 0 Å². The predicted octanol–water partition coefficient (Wildman–Crippen LogP) is 3.95. The third-order valence-electron chi connectivity index (χ3n) is 3.67. The minimum Gasteiger partial charge on any atom is -0.368 e. The van der Waals surface area contributed by atoms with E-state index in [4.69, 9.17) is 11.6 Å². The Morgan fingerprint density at radius 1 is 1.42 bits per heavy atom. The zero-order valence-corrected chi connectivity index (χ0v) is 13.7. The highest BCUT2D eigenvalue weighted by Crippen LogP contribution is 2.36. The Labute approximate surface area is 125 Å². The Kier molecular flexibility index (Phi) is 4.70. The van der Waals surface area contributed by atoms with Crippen LogP contribution in [0.25, 0.3) is 0 Å². The normalized spacial score (nSPS) is 20.4. The van der Waals surface area contributed by atoms with Crippen LogP contribution in [-0.2, 0) is 0 Å². The SMILES string of the molecule is CNC(C)c1ccc(N2CCSC(C)(C)C2)c(Cl)c1. The largest absolute Gasteiger partial charge is 0.368 e. The maximum absolute atomic E-state index is 6.48. The fourth-order valence-corrected chi connectivity index (χ4v) is 3.86. The van der Waals surface area contributed by atoms with Crippen LogP contribution in [0.2, 0.25) is 5.02 Å². The van der Waals surface area contributed by atoms with Gasteiger partial charge in [-0.05, 0) is 45.5 Å². The molecule has 0 spiro atoms. The second-order valence-electron chi connectivity index (χ2n) is 5.75. The van der Waals surface area contributed by atoms with E-state index in [-0.39, 0.29) is 0 Å². The molecule has 0 aliphatic carbocycles. The summed E-state index contributed by atoms with van der Waals surface area (Å²) in [5.41, 5.74) is 2.41. The van der Waals surface area contributed by atoms with Crippen molar-refractivity contribution >= 4 is 29.1 Å². The highest BCUT2D eigenvalue weighted by Gasteiger charge is 2.28. The smallest absolute Gasteiger partial charge is 0.0642 e. The van der Waals surface area contributed by atoms with Crippen molar-refractivity contribution < 1.29 is 0 Å². The highest BCUT2D eigenvalue weighted by molar-refractivity contribution is 8.00. The zero-order chi connectivity index (χ0) is 14.0. The Balaban J connectivity index is 2.21. The number of nitrogens with zero attached hydrogens (tertiary/aromatic N) is 1. The number of benzene rings is 1. The Morgan fingerprint density at radius 3 is 2.74 bits per heavy atom. The van der Waals surface area contributed by atoms with Crippen molar-refractivity contribution in [3.8, 4) is 0 Å². The molecule has 2 nitrogen and oxygen atoms in total. The average molecular weight is 299 g/mol. The summed E-state index contributed by atoms with van der Waals surface area (Å²) in [4.78, 5) is 2.41. The average Bonchev–Trinajstić information content (AvgIpc) is 2.36. The summed E-state index contributed by atoms with van der Waals surface area (Å²) >= 11 is 8.52. The van der Waals surface area contributed by atoms with Crippen LogP contribution in [0, 0.1) is 0 Å². The molecule has 1 unspecified atom stereocenters. The van der Waals surface area contributed by atoms with Crippen LogP contribution in [0.5, 0.6) is 0 Å². The number of anilines is 1. The van der Waals surface area contributed by atoms with Gasteiger partial charge < -0.3 is 10.2 Å². The van der Waals surface area contributed by atoms with Gasteiger partial charge in [-0.25, -0.2) is 0 Å². The molecule has 0 bridgehead atoms. The second kappa shape index (κ2) is 5.94. The van der Waals surface area contributed by atoms with E-state index in [1.54, 1.807) is 0 Å². The molecule has 106 valence electrons. The Morgan fingerprint density at radius 2 is 2.16 bits per heavy atom. The lowest BCUT2D eigenvalue weighted by atomic mass is 10.1. The number of hydrogen-bond acceptors (Lipinski definition) is 3. The first kappa shape index (κ1) is 15.0. The molecule has 1 fully saturated rings. The third-order valence-corrected chi connectivity index (χ3v) is 5.27. The van der Waals surface area contributed by atoms with Crippen LogP contribution in [-0.4, -0.2) is 30.6 Å². The maximum atomic E-state index is 6.48. The van der Waals surface area contributed by atoms with Crippen molar-refractivity contribution in [1.29, 1.82) is 0 Å². The monoisotopic (exact) mass is 298 g/mol. The third kappa shape index (κ3) is 3.59. The van der Waals surface area contributed by atoms with Gasteiger partial charge in [0.1, 0.15) is 0 Å². The van der Waals surface area contributed by atoms with Crippen molar-refractivity contribution in [2.24, 2.45) is 0 Å². The molecular formula is C15H23ClN2S. The van der Waals surface area contributed by atoms with Gasteiger partial charge in [-0.1, -0.05) is 17.7 Å². The fraction of sp³-hybridized carbons (Fsp3) is 0.600. The van der Waals surface area contributed by atoms with Gasteiger partial charge in [0, 0.05) is 29.6 Å². The number of halogens is 1. The lowest BCUT2D eigenvalue weighted by Crippen LogP contribution is -2.43. The van der Waals surface area contributed by atoms with Gasteiger partial charge in [-0.15, -0.1) is 0 Å². The van der Waals surface area contributed by atoms with Crippen molar-refractivity contribution in [3.05, 3.63) is 28.8 Å². The fourth-order valence-electron chi connectivity index (χ4n) is 2.44. The molecule has 0 saturated carbocycles. The van der Waals surface area contributed by atoms with Gasteiger partial charge in [0.15, 0.2) is 0 Å². The molecule has 1 aromatic rings. The first-order valence-electron chi connectivity index (χ1n) is 6.78. The van der Waals surface area contributed by atoms with E-state index < -0.39 is 0 Å². The molecular weight excluding hydrogens is 276 g/mol. The molecule has 19 heavy (non-hydrogen) atoms. The summed E-state index contributed by atoms with van der Waals surface area (Å²) in [6, 6.07) is 6.77. The van der Waals surface area contributed by atoms with Crippen molar-refractivity contribution in [1.82, 2.24) is 5.32 Å². The molecule has 1 aromatic carbocycles. The van der Waals surface area contributed by atoms with Gasteiger partial charge in [0.05, 0.1) is 10.7 Å². The van der Waals surface area contributed by atoms with E-state index >= 15 is 0 Å². The molecule has 1 aliphatic heterocycles.